The number of carboxylic acids is 1. The fourth-order valence-corrected chi connectivity index (χ4v) is 3.54. The van der Waals surface area contributed by atoms with Crippen molar-refractivity contribution in [2.75, 3.05) is 0 Å². The summed E-state index contributed by atoms with van der Waals surface area (Å²) in [7, 11) is 0. The molecule has 1 aromatic rings. The summed E-state index contributed by atoms with van der Waals surface area (Å²) >= 11 is 0. The van der Waals surface area contributed by atoms with Gasteiger partial charge in [-0.05, 0) is 36.8 Å². The number of nitrogens with one attached hydrogen (secondary N) is 1. The fourth-order valence-electron chi connectivity index (χ4n) is 3.54. The number of hydrogen-bond donors (Lipinski definition) is 2. The molecule has 1 aromatic carbocycles. The van der Waals surface area contributed by atoms with Gasteiger partial charge in [-0.15, -0.1) is 0 Å². The van der Waals surface area contributed by atoms with E-state index in [0.29, 0.717) is 12.8 Å². The third-order valence-electron chi connectivity index (χ3n) is 4.57. The molecule has 3 rings (SSSR count). The molecule has 1 amide bonds. The lowest BCUT2D eigenvalue weighted by atomic mass is 9.95. The molecule has 0 bridgehead atoms. The van der Waals surface area contributed by atoms with Crippen LogP contribution in [0.2, 0.25) is 0 Å². The van der Waals surface area contributed by atoms with Gasteiger partial charge in [-0.3, -0.25) is 9.59 Å². The number of rotatable bonds is 3. The smallest absolute Gasteiger partial charge is 0.307 e. The molecule has 0 aromatic heterocycles. The second-order valence-electron chi connectivity index (χ2n) is 5.86. The maximum atomic E-state index is 12.3. The van der Waals surface area contributed by atoms with E-state index in [1.54, 1.807) is 0 Å². The van der Waals surface area contributed by atoms with Crippen LogP contribution < -0.4 is 5.32 Å². The van der Waals surface area contributed by atoms with E-state index in [1.165, 1.54) is 11.1 Å². The molecule has 1 fully saturated rings. The lowest BCUT2D eigenvalue weighted by molar-refractivity contribution is -0.146. The van der Waals surface area contributed by atoms with Gasteiger partial charge in [-0.1, -0.05) is 30.7 Å². The topological polar surface area (TPSA) is 66.4 Å². The number of amides is 1. The van der Waals surface area contributed by atoms with Crippen LogP contribution in [0.25, 0.3) is 0 Å². The van der Waals surface area contributed by atoms with Gasteiger partial charge in [0, 0.05) is 6.04 Å². The highest BCUT2D eigenvalue weighted by molar-refractivity contribution is 5.85. The normalized spacial score (nSPS) is 25.4. The van der Waals surface area contributed by atoms with Crippen LogP contribution >= 0.6 is 0 Å². The number of benzene rings is 1. The van der Waals surface area contributed by atoms with Crippen LogP contribution in [-0.2, 0) is 22.4 Å². The third kappa shape index (κ3) is 2.42. The van der Waals surface area contributed by atoms with Crippen molar-refractivity contribution in [2.45, 2.75) is 38.1 Å². The second-order valence-corrected chi connectivity index (χ2v) is 5.86. The fraction of sp³-hybridized carbons (Fsp3) is 0.500. The minimum Gasteiger partial charge on any atom is -0.481 e. The molecule has 20 heavy (non-hydrogen) atoms. The van der Waals surface area contributed by atoms with E-state index in [9.17, 15) is 9.59 Å². The maximum Gasteiger partial charge on any atom is 0.307 e. The predicted octanol–water partition coefficient (Wildman–Crippen LogP) is 1.77. The first-order chi connectivity index (χ1) is 9.65. The van der Waals surface area contributed by atoms with Gasteiger partial charge in [0.25, 0.3) is 0 Å². The molecule has 0 heterocycles. The second kappa shape index (κ2) is 5.27. The van der Waals surface area contributed by atoms with Crippen molar-refractivity contribution in [3.05, 3.63) is 35.4 Å². The summed E-state index contributed by atoms with van der Waals surface area (Å²) in [6.45, 7) is 0. The van der Waals surface area contributed by atoms with Crippen molar-refractivity contribution in [3.63, 3.8) is 0 Å². The molecule has 106 valence electrons. The molecule has 4 nitrogen and oxygen atoms in total. The van der Waals surface area contributed by atoms with Gasteiger partial charge in [0.2, 0.25) is 5.91 Å². The Kier molecular flexibility index (Phi) is 3.47. The zero-order valence-corrected chi connectivity index (χ0v) is 11.3. The number of fused-ring (bicyclic) bond motifs is 1. The number of carbonyl (C=O) groups excluding carboxylic acids is 1. The minimum atomic E-state index is -0.836. The molecular formula is C16H19NO3. The average molecular weight is 273 g/mol. The largest absolute Gasteiger partial charge is 0.481 e. The van der Waals surface area contributed by atoms with Gasteiger partial charge in [-0.25, -0.2) is 0 Å². The van der Waals surface area contributed by atoms with E-state index in [0.717, 1.165) is 19.3 Å². The van der Waals surface area contributed by atoms with Crippen molar-refractivity contribution in [2.24, 2.45) is 11.8 Å². The van der Waals surface area contributed by atoms with Gasteiger partial charge in [0.15, 0.2) is 0 Å². The molecule has 2 aliphatic carbocycles. The third-order valence-corrected chi connectivity index (χ3v) is 4.57. The van der Waals surface area contributed by atoms with Crippen molar-refractivity contribution in [3.8, 4) is 0 Å². The summed E-state index contributed by atoms with van der Waals surface area (Å²) in [4.78, 5) is 23.4. The zero-order valence-electron chi connectivity index (χ0n) is 11.3. The maximum absolute atomic E-state index is 12.3. The number of aliphatic carboxylic acids is 1. The lowest BCUT2D eigenvalue weighted by Gasteiger charge is -2.19. The van der Waals surface area contributed by atoms with Crippen LogP contribution in [0.4, 0.5) is 0 Å². The number of hydrogen-bond acceptors (Lipinski definition) is 2. The summed E-state index contributed by atoms with van der Waals surface area (Å²) in [6.07, 6.45) is 3.86. The van der Waals surface area contributed by atoms with Crippen LogP contribution in [0.15, 0.2) is 24.3 Å². The first kappa shape index (κ1) is 13.2. The van der Waals surface area contributed by atoms with Crippen LogP contribution in [0.5, 0.6) is 0 Å². The number of carboxylic acid groups (broad SMARTS) is 1. The highest BCUT2D eigenvalue weighted by atomic mass is 16.4. The molecule has 0 spiro atoms. The number of carbonyl (C=O) groups is 2. The van der Waals surface area contributed by atoms with Gasteiger partial charge in [0.1, 0.15) is 0 Å². The van der Waals surface area contributed by atoms with Gasteiger partial charge in [-0.2, -0.15) is 0 Å². The molecule has 4 heteroatoms. The molecule has 1 saturated carbocycles. The van der Waals surface area contributed by atoms with Crippen molar-refractivity contribution < 1.29 is 14.7 Å². The Morgan fingerprint density at radius 3 is 2.25 bits per heavy atom. The van der Waals surface area contributed by atoms with Crippen LogP contribution in [0.1, 0.15) is 30.4 Å². The first-order valence-electron chi connectivity index (χ1n) is 7.25. The molecule has 0 unspecified atom stereocenters. The van der Waals surface area contributed by atoms with E-state index in [2.05, 4.69) is 17.4 Å². The van der Waals surface area contributed by atoms with Crippen molar-refractivity contribution >= 4 is 11.9 Å². The average Bonchev–Trinajstić information content (AvgIpc) is 3.04. The Labute approximate surface area is 118 Å². The summed E-state index contributed by atoms with van der Waals surface area (Å²) in [5.41, 5.74) is 2.58. The Morgan fingerprint density at radius 1 is 1.05 bits per heavy atom. The lowest BCUT2D eigenvalue weighted by Crippen LogP contribution is -2.41. The Balaban J connectivity index is 1.62. The molecule has 2 atom stereocenters. The van der Waals surface area contributed by atoms with Gasteiger partial charge < -0.3 is 10.4 Å². The zero-order chi connectivity index (χ0) is 14.1. The van der Waals surface area contributed by atoms with Crippen LogP contribution in [0, 0.1) is 11.8 Å². The molecule has 0 aliphatic heterocycles. The quantitative estimate of drug-likeness (QED) is 0.882. The van der Waals surface area contributed by atoms with E-state index >= 15 is 0 Å². The van der Waals surface area contributed by atoms with E-state index in [4.69, 9.17) is 5.11 Å². The highest BCUT2D eigenvalue weighted by Crippen LogP contribution is 2.32. The molecule has 2 aliphatic rings. The minimum absolute atomic E-state index is 0.0762. The Morgan fingerprint density at radius 2 is 1.65 bits per heavy atom. The molecule has 0 radical (unpaired) electrons. The molecule has 2 N–H and O–H groups in total. The van der Waals surface area contributed by atoms with Gasteiger partial charge in [0.05, 0.1) is 11.8 Å². The molecular weight excluding hydrogens is 254 g/mol. The van der Waals surface area contributed by atoms with Crippen molar-refractivity contribution in [1.29, 1.82) is 0 Å². The summed E-state index contributed by atoms with van der Waals surface area (Å²) in [5, 5.41) is 12.2. The van der Waals surface area contributed by atoms with Crippen LogP contribution in [0.3, 0.4) is 0 Å². The standard InChI is InChI=1S/C16H19NO3/c18-15(13-6-3-7-14(13)16(19)20)17-12-8-10-4-1-2-5-11(10)9-12/h1-2,4-5,12-14H,3,6-9H2,(H,17,18)(H,19,20)/t13-,14+/m1/s1. The van der Waals surface area contributed by atoms with Crippen molar-refractivity contribution in [1.82, 2.24) is 5.32 Å². The summed E-state index contributed by atoms with van der Waals surface area (Å²) < 4.78 is 0. The SMILES string of the molecule is O=C(O)[C@H]1CCC[C@H]1C(=O)NC1Cc2ccccc2C1. The summed E-state index contributed by atoms with van der Waals surface area (Å²) in [5.74, 6) is -1.76. The van der Waals surface area contributed by atoms with Gasteiger partial charge >= 0.3 is 5.97 Å². The highest BCUT2D eigenvalue weighted by Gasteiger charge is 2.38. The predicted molar refractivity (Wildman–Crippen MR) is 74.2 cm³/mol. The summed E-state index contributed by atoms with van der Waals surface area (Å²) in [6, 6.07) is 8.34. The monoisotopic (exact) mass is 273 g/mol. The molecule has 0 saturated heterocycles. The van der Waals surface area contributed by atoms with E-state index in [1.807, 2.05) is 12.1 Å². The van der Waals surface area contributed by atoms with E-state index in [-0.39, 0.29) is 17.9 Å². The van der Waals surface area contributed by atoms with E-state index < -0.39 is 11.9 Å². The Bertz CT molecular complexity index is 515. The Hall–Kier alpha value is -1.84. The van der Waals surface area contributed by atoms with Crippen LogP contribution in [-0.4, -0.2) is 23.0 Å². The first-order valence-corrected chi connectivity index (χ1v) is 7.25.